The number of aliphatic hydroxyl groups is 1. The zero-order chi connectivity index (χ0) is 93.3. The molecule has 15 amide bonds. The van der Waals surface area contributed by atoms with Gasteiger partial charge in [-0.05, 0) is 75.1 Å². The molecule has 4 aromatic rings. The number of carbonyl (C=O) groups excluding carboxylic acids is 19. The summed E-state index contributed by atoms with van der Waals surface area (Å²) in [7, 11) is 3.18. The molecule has 3 aliphatic heterocycles. The fourth-order valence-corrected chi connectivity index (χ4v) is 16.6. The first-order chi connectivity index (χ1) is 59.7. The van der Waals surface area contributed by atoms with E-state index in [1.165, 1.54) is 58.3 Å². The SMILES string of the molecule is CC[C@@H]1CC(=O)[C@H]([C@@H](C)O)NC(=O)[C@@H](CC(=O)[C@H](C)NC(=O)CN(C)C(=O)CCN)CSCCC(=O)N2CCN(C[NH+](C)C2)C(=O)CCSC[C@@H](C(N)=O)NC(=O)[C@@H]2CCCN2C(=O)[C@H](C(C)C)NC(=O)[C@H](Cc2c[nH]c3ccccc23)NC(=O)CNC(=O)[C@H](CC(=O)O)NC(=O)[C@H](C(C)C)NC(=O)[C@H](Cc2c[nH]c3ccccc23)NC(=O)[C@H](C)NC1=O.O=C=O. The van der Waals surface area contributed by atoms with E-state index in [2.05, 4.69) is 63.1 Å². The van der Waals surface area contributed by atoms with Crippen LogP contribution in [0.4, 0.5) is 0 Å². The number of aliphatic hydroxyl groups excluding tert-OH is 1. The predicted molar refractivity (Wildman–Crippen MR) is 460 cm³/mol. The van der Waals surface area contributed by atoms with Crippen molar-refractivity contribution < 1.29 is 111 Å². The van der Waals surface area contributed by atoms with Crippen molar-refractivity contribution in [3.8, 4) is 0 Å². The molecule has 0 radical (unpaired) electrons. The zero-order valence-electron chi connectivity index (χ0n) is 72.5. The molecule has 5 heterocycles. The monoisotopic (exact) mass is 1800 g/mol. The number of H-pyrrole nitrogens is 2. The summed E-state index contributed by atoms with van der Waals surface area (Å²) < 4.78 is 0. The highest BCUT2D eigenvalue weighted by Gasteiger charge is 2.43. The van der Waals surface area contributed by atoms with Gasteiger partial charge in [-0.25, -0.2) is 0 Å². The van der Waals surface area contributed by atoms with Gasteiger partial charge in [-0.1, -0.05) is 71.0 Å². The Balaban J connectivity index is 0.00000805. The summed E-state index contributed by atoms with van der Waals surface area (Å²) >= 11 is 2.30. The standard InChI is InChI=1S/C82H119N19O20S2.CO2/c1-11-49-33-63(104)72(48(8)102)96-76(115)52(34-62(103)46(6)88-65(106)39-98(10)66(107)22-25-83)40-122-29-23-67(108)99-27-28-100(43-97(9)42-99)68(109)24-30-123-41-60(73(84)112)93-80(119)61-21-16-26-101(61)82(121)71(45(4)5)95-78(117)57(31-50-36-85-55-19-14-12-17-53(50)55)90-64(105)38-87-77(116)59(35-69(110)111)92-81(120)70(44(2)3)94-79(118)58(91-74(113)47(7)89-75(49)114)32-51-37-86-56-20-15-13-18-54(51)56;2-1-3/h12-15,17-20,36-37,44-49,52,57-61,70-72,85-86,102H,11,16,21-35,38-43,83H2,1-10H3,(H2,84,112)(H,87,116)(H,88,106)(H,89,114)(H,90,105)(H,91,113)(H,92,120)(H,93,119)(H,94,118)(H,95,117)(H,96,115)(H,110,111);/p+1/t46-,47-,48+,49+,52-,57-,58-,59-,60-,61-,70-,71-,72-;/m0./s1. The van der Waals surface area contributed by atoms with Crippen LogP contribution in [0, 0.1) is 23.7 Å². The Labute approximate surface area is 737 Å². The number of nitrogens with one attached hydrogen (secondary N) is 13. The summed E-state index contributed by atoms with van der Waals surface area (Å²) in [5, 5.41) is 48.4. The Hall–Kier alpha value is -11.7. The molecule has 14 atom stereocenters. The minimum Gasteiger partial charge on any atom is -0.481 e. The number of ketones is 2. The number of quaternary nitrogens is 1. The Morgan fingerprint density at radius 3 is 1.69 bits per heavy atom. The Bertz CT molecular complexity index is 4590. The summed E-state index contributed by atoms with van der Waals surface area (Å²) in [6, 6.07) is -0.374. The van der Waals surface area contributed by atoms with Crippen LogP contribution in [0.3, 0.4) is 0 Å². The second kappa shape index (κ2) is 50.5. The van der Waals surface area contributed by atoms with Crippen LogP contribution >= 0.6 is 23.5 Å². The molecule has 0 aliphatic carbocycles. The number of aromatic amines is 2. The number of rotatable bonds is 19. The minimum absolute atomic E-state index is 0.00884. The van der Waals surface area contributed by atoms with E-state index in [4.69, 9.17) is 21.1 Å². The van der Waals surface area contributed by atoms with Gasteiger partial charge in [0.15, 0.2) is 24.9 Å². The van der Waals surface area contributed by atoms with Gasteiger partial charge in [-0.2, -0.15) is 33.1 Å². The van der Waals surface area contributed by atoms with Crippen molar-refractivity contribution in [1.82, 2.24) is 82.7 Å². The van der Waals surface area contributed by atoms with Crippen molar-refractivity contribution in [3.05, 3.63) is 72.1 Å². The Kier molecular flexibility index (Phi) is 41.3. The number of amides is 15. The summed E-state index contributed by atoms with van der Waals surface area (Å²) in [5.74, 6) is -18.5. The molecule has 3 aliphatic rings. The molecular formula is C83H120N19O22S2+. The van der Waals surface area contributed by atoms with Crippen molar-refractivity contribution in [3.63, 3.8) is 0 Å². The summed E-state index contributed by atoms with van der Waals surface area (Å²) in [4.78, 5) is 281. The van der Waals surface area contributed by atoms with Crippen molar-refractivity contribution in [2.24, 2.45) is 35.1 Å². The number of hydrogen-bond donors (Lipinski definition) is 17. The third-order valence-electron chi connectivity index (χ3n) is 21.7. The number of likely N-dealkylation sites (N-methyl/N-ethyl adjacent to an activating group) is 1. The summed E-state index contributed by atoms with van der Waals surface area (Å²) in [5.41, 5.74) is 13.8. The van der Waals surface area contributed by atoms with Gasteiger partial charge < -0.3 is 99.5 Å². The second-order valence-corrected chi connectivity index (χ2v) is 34.6. The highest BCUT2D eigenvalue weighted by atomic mass is 32.2. The largest absolute Gasteiger partial charge is 0.481 e. The fraction of sp³-hybridized carbons (Fsp3) is 0.578. The number of aliphatic carboxylic acids is 1. The lowest BCUT2D eigenvalue weighted by Gasteiger charge is -2.32. The van der Waals surface area contributed by atoms with Crippen molar-refractivity contribution in [2.75, 3.05) is 89.7 Å². The highest BCUT2D eigenvalue weighted by Crippen LogP contribution is 2.26. The number of hydrogen-bond acceptors (Lipinski definition) is 24. The topological polar surface area (TPSA) is 603 Å². The predicted octanol–water partition coefficient (Wildman–Crippen LogP) is -4.26. The van der Waals surface area contributed by atoms with Crippen molar-refractivity contribution >= 4 is 158 Å². The van der Waals surface area contributed by atoms with Crippen LogP contribution < -0.4 is 69.5 Å². The van der Waals surface area contributed by atoms with E-state index in [1.54, 1.807) is 98.5 Å². The van der Waals surface area contributed by atoms with E-state index in [9.17, 15) is 96.5 Å². The summed E-state index contributed by atoms with van der Waals surface area (Å²) in [6.07, 6.45) is -0.343. The molecule has 2 aromatic heterocycles. The number of aromatic nitrogens is 2. The number of primary amides is 1. The number of nitrogens with zero attached hydrogens (tertiary/aromatic N) is 4. The molecule has 126 heavy (non-hydrogen) atoms. The van der Waals surface area contributed by atoms with Crippen LogP contribution in [0.1, 0.15) is 124 Å². The van der Waals surface area contributed by atoms with E-state index in [0.29, 0.717) is 39.4 Å². The minimum atomic E-state index is -1.91. The van der Waals surface area contributed by atoms with Gasteiger partial charge in [0.1, 0.15) is 54.4 Å². The lowest BCUT2D eigenvalue weighted by atomic mass is 9.92. The van der Waals surface area contributed by atoms with E-state index in [-0.39, 0.29) is 125 Å². The van der Waals surface area contributed by atoms with E-state index in [1.807, 2.05) is 0 Å². The molecule has 2 aromatic carbocycles. The molecule has 43 heteroatoms. The number of Topliss-reactive ketones (excluding diaryl/α,β-unsaturated/α-hetero) is 2. The van der Waals surface area contributed by atoms with Crippen LogP contribution in [-0.2, 0) is 109 Å². The molecule has 19 N–H and O–H groups in total. The van der Waals surface area contributed by atoms with Crippen LogP contribution in [-0.4, -0.2) is 308 Å². The first-order valence-corrected chi connectivity index (χ1v) is 44.1. The number of carboxylic acid groups (broad SMARTS) is 1. The maximum Gasteiger partial charge on any atom is 0.373 e. The molecule has 3 fully saturated rings. The number of carboxylic acids is 1. The molecule has 41 nitrogen and oxygen atoms in total. The van der Waals surface area contributed by atoms with Crippen LogP contribution in [0.15, 0.2) is 60.9 Å². The van der Waals surface area contributed by atoms with Gasteiger partial charge in [0.05, 0.1) is 44.6 Å². The maximum absolute atomic E-state index is 14.8. The highest BCUT2D eigenvalue weighted by molar-refractivity contribution is 7.99. The maximum atomic E-state index is 14.8. The second-order valence-electron chi connectivity index (χ2n) is 32.3. The normalized spacial score (nSPS) is 24.5. The Morgan fingerprint density at radius 2 is 1.16 bits per heavy atom. The molecule has 2 bridgehead atoms. The number of fused-ring (bicyclic) bond motifs is 6. The third kappa shape index (κ3) is 31.2. The first kappa shape index (κ1) is 103. The van der Waals surface area contributed by atoms with E-state index >= 15 is 0 Å². The number of para-hydroxylation sites is 2. The molecular weight excluding hydrogens is 1680 g/mol. The van der Waals surface area contributed by atoms with Gasteiger partial charge >= 0.3 is 12.1 Å². The molecule has 0 spiro atoms. The van der Waals surface area contributed by atoms with Crippen LogP contribution in [0.25, 0.3) is 21.8 Å². The average molecular weight is 1800 g/mol. The van der Waals surface area contributed by atoms with Crippen molar-refractivity contribution in [1.29, 1.82) is 0 Å². The Morgan fingerprint density at radius 1 is 0.635 bits per heavy atom. The van der Waals surface area contributed by atoms with Gasteiger partial charge in [-0.15, -0.1) is 0 Å². The number of benzene rings is 2. The van der Waals surface area contributed by atoms with Gasteiger partial charge in [0.25, 0.3) is 0 Å². The van der Waals surface area contributed by atoms with Crippen molar-refractivity contribution in [2.45, 2.75) is 193 Å². The molecule has 0 saturated carbocycles. The molecule has 7 rings (SSSR count). The van der Waals surface area contributed by atoms with Gasteiger partial charge in [-0.3, -0.25) is 96.1 Å². The first-order valence-electron chi connectivity index (χ1n) is 41.8. The number of thioether (sulfide) groups is 2. The molecule has 3 saturated heterocycles. The third-order valence-corrected chi connectivity index (χ3v) is 23.9. The van der Waals surface area contributed by atoms with E-state index < -0.39 is 217 Å². The molecule has 690 valence electrons. The quantitative estimate of drug-likeness (QED) is 0.0423. The lowest BCUT2D eigenvalue weighted by Crippen LogP contribution is -3.11. The van der Waals surface area contributed by atoms with Crippen LogP contribution in [0.5, 0.6) is 0 Å². The fourth-order valence-electron chi connectivity index (χ4n) is 14.6. The number of nitrogens with two attached hydrogens (primary N) is 2. The van der Waals surface area contributed by atoms with Gasteiger partial charge in [0, 0.05) is 141 Å². The van der Waals surface area contributed by atoms with Gasteiger partial charge in [0.2, 0.25) is 88.6 Å². The molecule has 1 unspecified atom stereocenters. The number of carbonyl (C=O) groups is 18. The van der Waals surface area contributed by atoms with E-state index in [0.717, 1.165) is 21.6 Å². The zero-order valence-corrected chi connectivity index (χ0v) is 74.1. The average Bonchev–Trinajstić information content (AvgIpc) is 1.56. The summed E-state index contributed by atoms with van der Waals surface area (Å²) in [6.45, 7) is 11.4. The lowest BCUT2D eigenvalue weighted by molar-refractivity contribution is -0.895. The van der Waals surface area contributed by atoms with Crippen LogP contribution in [0.2, 0.25) is 0 Å². The smallest absolute Gasteiger partial charge is 0.373 e.